The molecule has 2 N–H and O–H groups in total. The molecule has 158 valence electrons. The summed E-state index contributed by atoms with van der Waals surface area (Å²) in [4.78, 5) is 39.4. The summed E-state index contributed by atoms with van der Waals surface area (Å²) in [6, 6.07) is 13.5. The van der Waals surface area contributed by atoms with Crippen LogP contribution in [0.3, 0.4) is 0 Å². The second kappa shape index (κ2) is 9.06. The van der Waals surface area contributed by atoms with E-state index in [9.17, 15) is 14.4 Å². The van der Waals surface area contributed by atoms with Gasteiger partial charge in [0.05, 0.1) is 0 Å². The molecule has 0 unspecified atom stereocenters. The normalized spacial score (nSPS) is 18.6. The maximum absolute atomic E-state index is 13.3. The maximum atomic E-state index is 13.3. The van der Waals surface area contributed by atoms with E-state index in [1.54, 1.807) is 18.2 Å². The molecule has 0 aromatic heterocycles. The molecule has 0 bridgehead atoms. The highest BCUT2D eigenvalue weighted by molar-refractivity contribution is 6.35. The molecule has 1 heterocycles. The van der Waals surface area contributed by atoms with E-state index in [1.807, 2.05) is 44.2 Å². The van der Waals surface area contributed by atoms with Crippen molar-refractivity contribution in [3.63, 3.8) is 0 Å². The quantitative estimate of drug-likeness (QED) is 0.626. The molecular weight excluding hydrogens is 425 g/mol. The molecule has 0 spiro atoms. The first-order valence-corrected chi connectivity index (χ1v) is 10.4. The fraction of sp³-hybridized carbons (Fsp3) is 0.318. The molecule has 0 radical (unpaired) electrons. The Bertz CT molecular complexity index is 965. The SMILES string of the molecule is CC(C)C[C@]1(c2ccccc2)NC(=O)N(CC(=O)NCc2ccc(Cl)cc2Cl)C1=O. The second-order valence-electron chi connectivity index (χ2n) is 7.70. The molecule has 4 amide bonds. The second-order valence-corrected chi connectivity index (χ2v) is 8.55. The Balaban J connectivity index is 1.74. The Kier molecular flexibility index (Phi) is 6.68. The van der Waals surface area contributed by atoms with E-state index < -0.39 is 23.4 Å². The summed E-state index contributed by atoms with van der Waals surface area (Å²) in [6.45, 7) is 3.75. The molecule has 1 atom stereocenters. The number of nitrogens with one attached hydrogen (secondary N) is 2. The average Bonchev–Trinajstić information content (AvgIpc) is 2.92. The first-order valence-electron chi connectivity index (χ1n) is 9.63. The predicted molar refractivity (Wildman–Crippen MR) is 116 cm³/mol. The number of hydrogen-bond acceptors (Lipinski definition) is 3. The Labute approximate surface area is 185 Å². The molecule has 1 fully saturated rings. The van der Waals surface area contributed by atoms with Crippen LogP contribution in [0.1, 0.15) is 31.4 Å². The summed E-state index contributed by atoms with van der Waals surface area (Å²) in [5, 5.41) is 6.45. The van der Waals surface area contributed by atoms with Crippen LogP contribution in [-0.4, -0.2) is 29.3 Å². The Morgan fingerprint density at radius 3 is 2.47 bits per heavy atom. The highest BCUT2D eigenvalue weighted by Gasteiger charge is 2.52. The van der Waals surface area contributed by atoms with Crippen LogP contribution < -0.4 is 10.6 Å². The van der Waals surface area contributed by atoms with Crippen LogP contribution in [0.4, 0.5) is 4.79 Å². The highest BCUT2D eigenvalue weighted by atomic mass is 35.5. The topological polar surface area (TPSA) is 78.5 Å². The van der Waals surface area contributed by atoms with Crippen molar-refractivity contribution in [2.24, 2.45) is 5.92 Å². The summed E-state index contributed by atoms with van der Waals surface area (Å²) in [5.41, 5.74) is 0.213. The fourth-order valence-corrected chi connectivity index (χ4v) is 4.09. The van der Waals surface area contributed by atoms with Crippen molar-refractivity contribution < 1.29 is 14.4 Å². The van der Waals surface area contributed by atoms with Crippen molar-refractivity contribution in [2.75, 3.05) is 6.54 Å². The van der Waals surface area contributed by atoms with Crippen molar-refractivity contribution in [1.29, 1.82) is 0 Å². The fourth-order valence-electron chi connectivity index (χ4n) is 3.61. The van der Waals surface area contributed by atoms with Gasteiger partial charge in [-0.15, -0.1) is 0 Å². The van der Waals surface area contributed by atoms with Crippen molar-refractivity contribution >= 4 is 41.0 Å². The van der Waals surface area contributed by atoms with Gasteiger partial charge in [-0.05, 0) is 35.6 Å². The van der Waals surface area contributed by atoms with Crippen molar-refractivity contribution in [3.8, 4) is 0 Å². The molecule has 1 aliphatic heterocycles. The van der Waals surface area contributed by atoms with Gasteiger partial charge < -0.3 is 10.6 Å². The molecule has 8 heteroatoms. The Morgan fingerprint density at radius 2 is 1.83 bits per heavy atom. The van der Waals surface area contributed by atoms with Gasteiger partial charge in [0.2, 0.25) is 5.91 Å². The van der Waals surface area contributed by atoms with Gasteiger partial charge in [0.15, 0.2) is 0 Å². The lowest BCUT2D eigenvalue weighted by molar-refractivity contribution is -0.135. The average molecular weight is 448 g/mol. The number of benzene rings is 2. The van der Waals surface area contributed by atoms with Crippen molar-refractivity contribution in [1.82, 2.24) is 15.5 Å². The predicted octanol–water partition coefficient (Wildman–Crippen LogP) is 4.10. The van der Waals surface area contributed by atoms with Crippen molar-refractivity contribution in [3.05, 3.63) is 69.7 Å². The van der Waals surface area contributed by atoms with Crippen LogP contribution in [0.25, 0.3) is 0 Å². The van der Waals surface area contributed by atoms with Crippen LogP contribution in [0, 0.1) is 5.92 Å². The standard InChI is InChI=1S/C22H23Cl2N3O3/c1-14(2)11-22(16-6-4-3-5-7-16)20(29)27(21(30)26-22)13-19(28)25-12-15-8-9-17(23)10-18(15)24/h3-10,14H,11-13H2,1-2H3,(H,25,28)(H,26,30)/t22-/m1/s1. The summed E-state index contributed by atoms with van der Waals surface area (Å²) >= 11 is 12.0. The first-order chi connectivity index (χ1) is 14.2. The molecule has 2 aromatic rings. The smallest absolute Gasteiger partial charge is 0.325 e. The largest absolute Gasteiger partial charge is 0.350 e. The van der Waals surface area contributed by atoms with Crippen LogP contribution in [0.15, 0.2) is 48.5 Å². The van der Waals surface area contributed by atoms with Crippen LogP contribution in [0.2, 0.25) is 10.0 Å². The third kappa shape index (κ3) is 4.60. The molecule has 6 nitrogen and oxygen atoms in total. The summed E-state index contributed by atoms with van der Waals surface area (Å²) in [5.74, 6) is -0.736. The third-order valence-electron chi connectivity index (χ3n) is 4.95. The molecule has 1 saturated heterocycles. The Hall–Kier alpha value is -2.57. The zero-order valence-corrected chi connectivity index (χ0v) is 18.3. The van der Waals surface area contributed by atoms with E-state index in [4.69, 9.17) is 23.2 Å². The van der Waals surface area contributed by atoms with Gasteiger partial charge >= 0.3 is 6.03 Å². The molecule has 0 aliphatic carbocycles. The highest BCUT2D eigenvalue weighted by Crippen LogP contribution is 2.35. The number of amides is 4. The summed E-state index contributed by atoms with van der Waals surface area (Å²) in [7, 11) is 0. The van der Waals surface area contributed by atoms with Gasteiger partial charge in [0, 0.05) is 16.6 Å². The van der Waals surface area contributed by atoms with Gasteiger partial charge in [-0.1, -0.05) is 73.4 Å². The van der Waals surface area contributed by atoms with Crippen LogP contribution in [0.5, 0.6) is 0 Å². The minimum atomic E-state index is -1.17. The van der Waals surface area contributed by atoms with Gasteiger partial charge in [0.25, 0.3) is 5.91 Å². The van der Waals surface area contributed by atoms with E-state index in [0.717, 1.165) is 4.90 Å². The zero-order valence-electron chi connectivity index (χ0n) is 16.7. The number of carbonyl (C=O) groups excluding carboxylic acids is 3. The summed E-state index contributed by atoms with van der Waals surface area (Å²) in [6.07, 6.45) is 0.431. The number of imide groups is 1. The van der Waals surface area contributed by atoms with Crippen LogP contribution in [-0.2, 0) is 21.7 Å². The summed E-state index contributed by atoms with van der Waals surface area (Å²) < 4.78 is 0. The lowest BCUT2D eigenvalue weighted by Crippen LogP contribution is -2.46. The van der Waals surface area contributed by atoms with Crippen LogP contribution >= 0.6 is 23.2 Å². The first kappa shape index (κ1) is 22.1. The number of urea groups is 1. The molecule has 0 saturated carbocycles. The molecule has 2 aromatic carbocycles. The minimum Gasteiger partial charge on any atom is -0.350 e. The Morgan fingerprint density at radius 1 is 1.13 bits per heavy atom. The van der Waals surface area contributed by atoms with Gasteiger partial charge in [-0.3, -0.25) is 14.5 Å². The lowest BCUT2D eigenvalue weighted by atomic mass is 9.82. The van der Waals surface area contributed by atoms with Crippen molar-refractivity contribution in [2.45, 2.75) is 32.4 Å². The lowest BCUT2D eigenvalue weighted by Gasteiger charge is -2.29. The van der Waals surface area contributed by atoms with E-state index >= 15 is 0 Å². The molecular formula is C22H23Cl2N3O3. The number of carbonyl (C=O) groups is 3. The zero-order chi connectivity index (χ0) is 21.9. The minimum absolute atomic E-state index is 0.148. The number of hydrogen-bond donors (Lipinski definition) is 2. The monoisotopic (exact) mass is 447 g/mol. The van der Waals surface area contributed by atoms with E-state index in [-0.39, 0.29) is 19.0 Å². The van der Waals surface area contributed by atoms with E-state index in [0.29, 0.717) is 27.6 Å². The van der Waals surface area contributed by atoms with Gasteiger partial charge in [-0.2, -0.15) is 0 Å². The number of nitrogens with zero attached hydrogens (tertiary/aromatic N) is 1. The van der Waals surface area contributed by atoms with E-state index in [1.165, 1.54) is 0 Å². The van der Waals surface area contributed by atoms with E-state index in [2.05, 4.69) is 10.6 Å². The third-order valence-corrected chi connectivity index (χ3v) is 5.54. The maximum Gasteiger partial charge on any atom is 0.325 e. The molecule has 30 heavy (non-hydrogen) atoms. The molecule has 3 rings (SSSR count). The number of rotatable bonds is 7. The molecule has 1 aliphatic rings. The van der Waals surface area contributed by atoms with Gasteiger partial charge in [0.1, 0.15) is 12.1 Å². The van der Waals surface area contributed by atoms with Gasteiger partial charge in [-0.25, -0.2) is 4.79 Å². The number of halogens is 2.